The van der Waals surface area contributed by atoms with Crippen molar-refractivity contribution in [1.29, 1.82) is 0 Å². The Hall–Kier alpha value is -8.41. The predicted molar refractivity (Wildman–Crippen MR) is 256 cm³/mol. The fraction of sp³-hybridized carbons (Fsp3) is 0. The number of para-hydroxylation sites is 2. The van der Waals surface area contributed by atoms with Crippen LogP contribution in [-0.4, -0.2) is 24.0 Å². The Balaban J connectivity index is 1.05. The first-order valence-electron chi connectivity index (χ1n) is 21.0. The van der Waals surface area contributed by atoms with E-state index >= 15 is 0 Å². The molecule has 5 heterocycles. The Morgan fingerprint density at radius 1 is 0.339 bits per heavy atom. The van der Waals surface area contributed by atoms with Gasteiger partial charge in [0.25, 0.3) is 0 Å². The summed E-state index contributed by atoms with van der Waals surface area (Å²) in [6.07, 6.45) is 0. The van der Waals surface area contributed by atoms with Crippen LogP contribution in [0.2, 0.25) is 0 Å². The molecule has 0 aliphatic rings. The van der Waals surface area contributed by atoms with E-state index in [0.717, 1.165) is 72.6 Å². The highest BCUT2D eigenvalue weighted by atomic mass is 15.2. The third-order valence-corrected chi connectivity index (χ3v) is 12.4. The maximum atomic E-state index is 5.52. The van der Waals surface area contributed by atoms with Gasteiger partial charge in [-0.2, -0.15) is 5.10 Å². The Bertz CT molecular complexity index is 3760. The molecule has 0 bridgehead atoms. The van der Waals surface area contributed by atoms with Crippen LogP contribution in [0.3, 0.4) is 0 Å². The SMILES string of the molecule is c1ccc(-c2nc(-c3cccc(-c4nn5c(-c6ccccc6)cc6ccccc6c5c4-c4ccccc4)c3)cc(-c3cc4c5ccccc5n5c6ccccc6c(c3)c45)n2)cc1. The lowest BCUT2D eigenvalue weighted by Crippen LogP contribution is -1.96. The molecule has 0 saturated heterocycles. The molecule has 0 unspecified atom stereocenters. The van der Waals surface area contributed by atoms with Gasteiger partial charge in [-0.05, 0) is 53.4 Å². The van der Waals surface area contributed by atoms with E-state index in [2.05, 4.69) is 203 Å². The third kappa shape index (κ3) is 5.25. The summed E-state index contributed by atoms with van der Waals surface area (Å²) in [5.74, 6) is 0.680. The van der Waals surface area contributed by atoms with E-state index in [4.69, 9.17) is 15.1 Å². The van der Waals surface area contributed by atoms with E-state index in [9.17, 15) is 0 Å². The molecule has 62 heavy (non-hydrogen) atoms. The summed E-state index contributed by atoms with van der Waals surface area (Å²) in [5, 5.41) is 12.7. The molecule has 0 aliphatic heterocycles. The van der Waals surface area contributed by atoms with Crippen molar-refractivity contribution < 1.29 is 0 Å². The number of hydrogen-bond acceptors (Lipinski definition) is 3. The van der Waals surface area contributed by atoms with Crippen molar-refractivity contribution in [3.05, 3.63) is 212 Å². The van der Waals surface area contributed by atoms with Crippen molar-refractivity contribution in [1.82, 2.24) is 24.0 Å². The lowest BCUT2D eigenvalue weighted by molar-refractivity contribution is 0.979. The lowest BCUT2D eigenvalue weighted by atomic mass is 9.95. The molecule has 13 rings (SSSR count). The number of rotatable bonds is 6. The second-order valence-corrected chi connectivity index (χ2v) is 16.0. The van der Waals surface area contributed by atoms with Gasteiger partial charge < -0.3 is 4.40 Å². The summed E-state index contributed by atoms with van der Waals surface area (Å²) in [5.41, 5.74) is 15.7. The Kier molecular flexibility index (Phi) is 7.54. The van der Waals surface area contributed by atoms with Crippen LogP contribution in [0.15, 0.2) is 212 Å². The summed E-state index contributed by atoms with van der Waals surface area (Å²) in [7, 11) is 0. The second kappa shape index (κ2) is 13.6. The third-order valence-electron chi connectivity index (χ3n) is 12.4. The zero-order chi connectivity index (χ0) is 40.7. The van der Waals surface area contributed by atoms with Crippen LogP contribution in [0.1, 0.15) is 0 Å². The fourth-order valence-corrected chi connectivity index (χ4v) is 9.67. The highest BCUT2D eigenvalue weighted by molar-refractivity contribution is 6.24. The van der Waals surface area contributed by atoms with Crippen LogP contribution in [0.5, 0.6) is 0 Å². The summed E-state index contributed by atoms with van der Waals surface area (Å²) in [4.78, 5) is 10.6. The molecular weight excluding hydrogens is 755 g/mol. The zero-order valence-electron chi connectivity index (χ0n) is 33.4. The molecule has 8 aromatic carbocycles. The molecule has 5 heteroatoms. The molecule has 0 aliphatic carbocycles. The maximum absolute atomic E-state index is 5.52. The van der Waals surface area contributed by atoms with Gasteiger partial charge in [0.1, 0.15) is 5.69 Å². The van der Waals surface area contributed by atoms with Crippen molar-refractivity contribution in [3.63, 3.8) is 0 Å². The normalized spacial score (nSPS) is 11.9. The van der Waals surface area contributed by atoms with Gasteiger partial charge in [-0.3, -0.25) is 0 Å². The van der Waals surface area contributed by atoms with Crippen LogP contribution in [0, 0.1) is 0 Å². The number of aromatic nitrogens is 5. The topological polar surface area (TPSA) is 47.5 Å². The van der Waals surface area contributed by atoms with Gasteiger partial charge in [0.05, 0.1) is 39.1 Å². The maximum Gasteiger partial charge on any atom is 0.160 e. The Labute approximate surface area is 356 Å². The van der Waals surface area contributed by atoms with E-state index in [1.807, 2.05) is 18.2 Å². The molecular formula is C57H35N5. The van der Waals surface area contributed by atoms with Crippen LogP contribution in [0.25, 0.3) is 122 Å². The molecule has 13 aromatic rings. The summed E-state index contributed by atoms with van der Waals surface area (Å²) < 4.78 is 4.56. The van der Waals surface area contributed by atoms with E-state index in [1.54, 1.807) is 0 Å². The number of fused-ring (bicyclic) bond motifs is 9. The van der Waals surface area contributed by atoms with Crippen molar-refractivity contribution in [2.24, 2.45) is 0 Å². The van der Waals surface area contributed by atoms with E-state index < -0.39 is 0 Å². The molecule has 0 fully saturated rings. The summed E-state index contributed by atoms with van der Waals surface area (Å²) in [6.45, 7) is 0. The van der Waals surface area contributed by atoms with Gasteiger partial charge in [0, 0.05) is 60.3 Å². The van der Waals surface area contributed by atoms with Gasteiger partial charge in [-0.1, -0.05) is 170 Å². The first kappa shape index (κ1) is 34.5. The number of hydrogen-bond donors (Lipinski definition) is 0. The number of nitrogens with zero attached hydrogens (tertiary/aromatic N) is 5. The minimum Gasteiger partial charge on any atom is -0.308 e. The van der Waals surface area contributed by atoms with Crippen LogP contribution < -0.4 is 0 Å². The molecule has 0 atom stereocenters. The summed E-state index contributed by atoms with van der Waals surface area (Å²) >= 11 is 0. The standard InChI is InChI=1S/C57H35N5/c1-4-17-36(18-5-1)52-34-39-23-10-11-26-43(39)56-53(37-19-6-2-7-20-37)54(60-62(52)56)41-25-16-24-40(31-41)48-35-49(59-57(58-48)38-21-8-3-9-22-38)42-32-46-44-27-12-14-29-50(44)61-51-30-15-13-28-45(51)47(33-42)55(46)61/h1-35H. The van der Waals surface area contributed by atoms with Crippen molar-refractivity contribution >= 4 is 54.4 Å². The van der Waals surface area contributed by atoms with Gasteiger partial charge in [0.2, 0.25) is 0 Å². The van der Waals surface area contributed by atoms with Crippen LogP contribution in [-0.2, 0) is 0 Å². The molecule has 0 radical (unpaired) electrons. The van der Waals surface area contributed by atoms with Crippen LogP contribution >= 0.6 is 0 Å². The summed E-state index contributed by atoms with van der Waals surface area (Å²) in [6, 6.07) is 75.3. The molecule has 0 N–H and O–H groups in total. The van der Waals surface area contributed by atoms with Crippen molar-refractivity contribution in [3.8, 4) is 67.5 Å². The van der Waals surface area contributed by atoms with Crippen molar-refractivity contribution in [2.75, 3.05) is 0 Å². The smallest absolute Gasteiger partial charge is 0.160 e. The van der Waals surface area contributed by atoms with Gasteiger partial charge >= 0.3 is 0 Å². The molecule has 0 spiro atoms. The second-order valence-electron chi connectivity index (χ2n) is 16.0. The van der Waals surface area contributed by atoms with E-state index in [0.29, 0.717) is 5.82 Å². The zero-order valence-corrected chi connectivity index (χ0v) is 33.4. The Morgan fingerprint density at radius 2 is 0.871 bits per heavy atom. The molecule has 0 saturated carbocycles. The Morgan fingerprint density at radius 3 is 1.55 bits per heavy atom. The predicted octanol–water partition coefficient (Wildman–Crippen LogP) is 14.4. The molecule has 288 valence electrons. The van der Waals surface area contributed by atoms with Gasteiger partial charge in [-0.25, -0.2) is 14.5 Å². The average Bonchev–Trinajstić information content (AvgIpc) is 4.03. The molecule has 5 aromatic heterocycles. The lowest BCUT2D eigenvalue weighted by Gasteiger charge is -2.11. The number of pyridine rings is 1. The molecule has 5 nitrogen and oxygen atoms in total. The largest absolute Gasteiger partial charge is 0.308 e. The van der Waals surface area contributed by atoms with E-state index in [-0.39, 0.29) is 0 Å². The first-order valence-corrected chi connectivity index (χ1v) is 21.0. The minimum absolute atomic E-state index is 0.680. The fourth-order valence-electron chi connectivity index (χ4n) is 9.67. The highest BCUT2D eigenvalue weighted by Crippen LogP contribution is 2.44. The quantitative estimate of drug-likeness (QED) is 0.169. The number of benzene rings is 8. The van der Waals surface area contributed by atoms with Crippen LogP contribution in [0.4, 0.5) is 0 Å². The van der Waals surface area contributed by atoms with Crippen molar-refractivity contribution in [2.45, 2.75) is 0 Å². The minimum atomic E-state index is 0.680. The molecule has 0 amide bonds. The van der Waals surface area contributed by atoms with E-state index in [1.165, 1.54) is 43.5 Å². The average molecular weight is 790 g/mol. The van der Waals surface area contributed by atoms with Gasteiger partial charge in [-0.15, -0.1) is 0 Å². The van der Waals surface area contributed by atoms with Gasteiger partial charge in [0.15, 0.2) is 5.82 Å². The highest BCUT2D eigenvalue weighted by Gasteiger charge is 2.23. The first-order chi connectivity index (χ1) is 30.7. The monoisotopic (exact) mass is 789 g/mol.